The average molecular weight is 179 g/mol. The minimum atomic E-state index is -0.203. The standard InChI is InChI=1S/C10H13NO2/c12-8-6-9(13)11-10(8)7-4-2-1-3-5-7/h6,12H,1-5H2,(H,11,13). The third-order valence-corrected chi connectivity index (χ3v) is 2.58. The lowest BCUT2D eigenvalue weighted by atomic mass is 9.93. The predicted molar refractivity (Wildman–Crippen MR) is 49.0 cm³/mol. The van der Waals surface area contributed by atoms with Crippen molar-refractivity contribution in [3.05, 3.63) is 23.1 Å². The van der Waals surface area contributed by atoms with Gasteiger partial charge >= 0.3 is 0 Å². The Morgan fingerprint density at radius 3 is 2.46 bits per heavy atom. The highest BCUT2D eigenvalue weighted by molar-refractivity contribution is 5.94. The molecule has 0 aromatic rings. The summed E-state index contributed by atoms with van der Waals surface area (Å²) in [7, 11) is 0. The normalized spacial score (nSPS) is 23.1. The van der Waals surface area contributed by atoms with Crippen LogP contribution >= 0.6 is 0 Å². The van der Waals surface area contributed by atoms with E-state index >= 15 is 0 Å². The third kappa shape index (κ3) is 1.59. The smallest absolute Gasteiger partial charge is 0.252 e. The highest BCUT2D eigenvalue weighted by Crippen LogP contribution is 2.28. The Labute approximate surface area is 77.1 Å². The van der Waals surface area contributed by atoms with E-state index in [-0.39, 0.29) is 11.7 Å². The monoisotopic (exact) mass is 179 g/mol. The molecule has 2 N–H and O–H groups in total. The highest BCUT2D eigenvalue weighted by atomic mass is 16.3. The van der Waals surface area contributed by atoms with Crippen LogP contribution < -0.4 is 5.32 Å². The Bertz CT molecular complexity index is 294. The van der Waals surface area contributed by atoms with Gasteiger partial charge in [-0.15, -0.1) is 0 Å². The van der Waals surface area contributed by atoms with Crippen LogP contribution in [0.3, 0.4) is 0 Å². The van der Waals surface area contributed by atoms with E-state index in [0.717, 1.165) is 12.8 Å². The van der Waals surface area contributed by atoms with Gasteiger partial charge in [0.05, 0.1) is 5.70 Å². The summed E-state index contributed by atoms with van der Waals surface area (Å²) in [6, 6.07) is 0. The first kappa shape index (κ1) is 8.35. The summed E-state index contributed by atoms with van der Waals surface area (Å²) < 4.78 is 0. The van der Waals surface area contributed by atoms with Crippen molar-refractivity contribution < 1.29 is 9.90 Å². The molecular weight excluding hydrogens is 166 g/mol. The molecular formula is C10H13NO2. The maximum absolute atomic E-state index is 10.9. The van der Waals surface area contributed by atoms with Crippen LogP contribution in [0, 0.1) is 0 Å². The summed E-state index contributed by atoms with van der Waals surface area (Å²) in [4.78, 5) is 10.9. The molecule has 1 aliphatic heterocycles. The zero-order valence-electron chi connectivity index (χ0n) is 7.47. The van der Waals surface area contributed by atoms with Gasteiger partial charge in [0.15, 0.2) is 0 Å². The first-order chi connectivity index (χ1) is 6.27. The number of hydrogen-bond donors (Lipinski definition) is 2. The van der Waals surface area contributed by atoms with Crippen LogP contribution in [0.1, 0.15) is 32.1 Å². The van der Waals surface area contributed by atoms with Crippen LogP contribution in [-0.2, 0) is 4.79 Å². The summed E-state index contributed by atoms with van der Waals surface area (Å²) in [5, 5.41) is 12.1. The first-order valence-electron chi connectivity index (χ1n) is 4.71. The molecule has 1 aliphatic carbocycles. The van der Waals surface area contributed by atoms with Gasteiger partial charge < -0.3 is 10.4 Å². The lowest BCUT2D eigenvalue weighted by Gasteiger charge is -2.16. The van der Waals surface area contributed by atoms with Crippen LogP contribution in [0.5, 0.6) is 0 Å². The number of nitrogens with one attached hydrogen (secondary N) is 1. The molecule has 0 spiro atoms. The fourth-order valence-corrected chi connectivity index (χ4v) is 1.92. The van der Waals surface area contributed by atoms with Crippen molar-refractivity contribution in [2.24, 2.45) is 0 Å². The van der Waals surface area contributed by atoms with Gasteiger partial charge in [-0.25, -0.2) is 0 Å². The van der Waals surface area contributed by atoms with Gasteiger partial charge in [0.2, 0.25) is 0 Å². The van der Waals surface area contributed by atoms with Crippen LogP contribution in [0.2, 0.25) is 0 Å². The van der Waals surface area contributed by atoms with Crippen molar-refractivity contribution in [2.45, 2.75) is 32.1 Å². The van der Waals surface area contributed by atoms with Crippen molar-refractivity contribution in [3.8, 4) is 0 Å². The first-order valence-corrected chi connectivity index (χ1v) is 4.71. The largest absolute Gasteiger partial charge is 0.506 e. The van der Waals surface area contributed by atoms with E-state index in [0.29, 0.717) is 5.70 Å². The molecule has 0 aromatic carbocycles. The van der Waals surface area contributed by atoms with Gasteiger partial charge in [0, 0.05) is 6.08 Å². The summed E-state index contributed by atoms with van der Waals surface area (Å²) in [6.45, 7) is 0. The van der Waals surface area contributed by atoms with Crippen molar-refractivity contribution in [3.63, 3.8) is 0 Å². The molecule has 0 radical (unpaired) electrons. The second-order valence-corrected chi connectivity index (χ2v) is 3.56. The molecule has 2 aliphatic rings. The van der Waals surface area contributed by atoms with Gasteiger partial charge in [0.1, 0.15) is 5.76 Å². The molecule has 0 aromatic heterocycles. The van der Waals surface area contributed by atoms with Crippen molar-refractivity contribution in [1.29, 1.82) is 0 Å². The predicted octanol–water partition coefficient (Wildman–Crippen LogP) is 1.78. The van der Waals surface area contributed by atoms with Crippen LogP contribution in [0.25, 0.3) is 0 Å². The molecule has 70 valence electrons. The summed E-state index contributed by atoms with van der Waals surface area (Å²) in [5.74, 6) is -0.0903. The van der Waals surface area contributed by atoms with Gasteiger partial charge in [-0.2, -0.15) is 0 Å². The lowest BCUT2D eigenvalue weighted by Crippen LogP contribution is -2.16. The number of carbonyl (C=O) groups excluding carboxylic acids is 1. The summed E-state index contributed by atoms with van der Waals surface area (Å²) >= 11 is 0. The topological polar surface area (TPSA) is 49.3 Å². The van der Waals surface area contributed by atoms with E-state index in [1.165, 1.54) is 30.9 Å². The van der Waals surface area contributed by atoms with E-state index in [9.17, 15) is 9.90 Å². The molecule has 1 saturated carbocycles. The zero-order chi connectivity index (χ0) is 9.26. The van der Waals surface area contributed by atoms with Gasteiger partial charge in [-0.3, -0.25) is 4.79 Å². The van der Waals surface area contributed by atoms with Crippen molar-refractivity contribution in [2.75, 3.05) is 0 Å². The number of hydrogen-bond acceptors (Lipinski definition) is 2. The molecule has 0 bridgehead atoms. The fraction of sp³-hybridized carbons (Fsp3) is 0.500. The lowest BCUT2D eigenvalue weighted by molar-refractivity contribution is -0.115. The average Bonchev–Trinajstić information content (AvgIpc) is 2.47. The maximum Gasteiger partial charge on any atom is 0.252 e. The molecule has 2 rings (SSSR count). The number of aliphatic hydroxyl groups is 1. The Kier molecular flexibility index (Phi) is 2.08. The minimum absolute atomic E-state index is 0.113. The number of carbonyl (C=O) groups is 1. The van der Waals surface area contributed by atoms with Gasteiger partial charge in [-0.05, 0) is 31.3 Å². The molecule has 0 atom stereocenters. The second-order valence-electron chi connectivity index (χ2n) is 3.56. The SMILES string of the molecule is O=C1C=C(O)C(=C2CCCCC2)N1. The Hall–Kier alpha value is -1.25. The van der Waals surface area contributed by atoms with E-state index < -0.39 is 0 Å². The molecule has 3 heteroatoms. The van der Waals surface area contributed by atoms with Crippen LogP contribution in [-0.4, -0.2) is 11.0 Å². The van der Waals surface area contributed by atoms with E-state index in [1.54, 1.807) is 0 Å². The number of amides is 1. The molecule has 0 saturated heterocycles. The van der Waals surface area contributed by atoms with Crippen molar-refractivity contribution >= 4 is 5.91 Å². The maximum atomic E-state index is 10.9. The van der Waals surface area contributed by atoms with Crippen molar-refractivity contribution in [1.82, 2.24) is 5.32 Å². The molecule has 13 heavy (non-hydrogen) atoms. The van der Waals surface area contributed by atoms with E-state index in [4.69, 9.17) is 0 Å². The Balaban J connectivity index is 2.23. The number of aliphatic hydroxyl groups excluding tert-OH is 1. The third-order valence-electron chi connectivity index (χ3n) is 2.58. The molecule has 3 nitrogen and oxygen atoms in total. The zero-order valence-corrected chi connectivity index (χ0v) is 7.47. The van der Waals surface area contributed by atoms with Gasteiger partial charge in [0.25, 0.3) is 5.91 Å². The number of rotatable bonds is 0. The Morgan fingerprint density at radius 2 is 1.92 bits per heavy atom. The minimum Gasteiger partial charge on any atom is -0.506 e. The fourth-order valence-electron chi connectivity index (χ4n) is 1.92. The quantitative estimate of drug-likeness (QED) is 0.595. The van der Waals surface area contributed by atoms with E-state index in [2.05, 4.69) is 5.32 Å². The second kappa shape index (κ2) is 3.24. The van der Waals surface area contributed by atoms with Crippen LogP contribution in [0.15, 0.2) is 23.1 Å². The Morgan fingerprint density at radius 1 is 1.23 bits per heavy atom. The summed E-state index contributed by atoms with van der Waals surface area (Å²) in [5.41, 5.74) is 1.87. The number of allylic oxidation sites excluding steroid dienone is 1. The van der Waals surface area contributed by atoms with Crippen LogP contribution in [0.4, 0.5) is 0 Å². The molecule has 1 amide bonds. The van der Waals surface area contributed by atoms with E-state index in [1.807, 2.05) is 0 Å². The molecule has 1 fully saturated rings. The molecule has 0 unspecified atom stereocenters. The van der Waals surface area contributed by atoms with Gasteiger partial charge in [-0.1, -0.05) is 6.42 Å². The highest BCUT2D eigenvalue weighted by Gasteiger charge is 2.21. The molecule has 1 heterocycles. The summed E-state index contributed by atoms with van der Waals surface area (Å²) in [6.07, 6.45) is 6.86.